The van der Waals surface area contributed by atoms with E-state index in [0.717, 1.165) is 0 Å². The SMILES string of the molecule is COc1ccc(N2C3=C(C(=O)CC(C)(C)C3)[C@]3(O)C(=O)c4ccccc4[C@]23O)c(OC)c1. The highest BCUT2D eigenvalue weighted by molar-refractivity contribution is 6.19. The molecule has 2 atom stereocenters. The molecule has 1 aliphatic heterocycles. The number of hydrogen-bond acceptors (Lipinski definition) is 7. The van der Waals surface area contributed by atoms with E-state index in [2.05, 4.69) is 0 Å². The molecule has 5 rings (SSSR count). The Balaban J connectivity index is 1.86. The van der Waals surface area contributed by atoms with Crippen molar-refractivity contribution < 1.29 is 29.3 Å². The molecule has 166 valence electrons. The van der Waals surface area contributed by atoms with Crippen molar-refractivity contribution in [3.63, 3.8) is 0 Å². The third-order valence-electron chi connectivity index (χ3n) is 6.82. The molecule has 7 nitrogen and oxygen atoms in total. The van der Waals surface area contributed by atoms with E-state index in [4.69, 9.17) is 9.47 Å². The Morgan fingerprint density at radius 2 is 1.69 bits per heavy atom. The average Bonchev–Trinajstić information content (AvgIpc) is 3.06. The first-order valence-corrected chi connectivity index (χ1v) is 10.5. The fourth-order valence-electron chi connectivity index (χ4n) is 5.48. The molecule has 0 bridgehead atoms. The van der Waals surface area contributed by atoms with Crippen LogP contribution in [0.3, 0.4) is 0 Å². The first-order chi connectivity index (χ1) is 15.1. The molecule has 3 aliphatic rings. The van der Waals surface area contributed by atoms with Crippen LogP contribution in [0.5, 0.6) is 11.5 Å². The van der Waals surface area contributed by atoms with Crippen molar-refractivity contribution in [2.45, 2.75) is 38.0 Å². The van der Waals surface area contributed by atoms with Crippen molar-refractivity contribution in [3.8, 4) is 11.5 Å². The highest BCUT2D eigenvalue weighted by Crippen LogP contribution is 2.62. The van der Waals surface area contributed by atoms with E-state index in [1.807, 2.05) is 13.8 Å². The Bertz CT molecular complexity index is 1210. The molecule has 32 heavy (non-hydrogen) atoms. The van der Waals surface area contributed by atoms with Gasteiger partial charge in [-0.15, -0.1) is 0 Å². The Kier molecular flexibility index (Phi) is 4.17. The Hall–Kier alpha value is -3.16. The predicted octanol–water partition coefficient (Wildman–Crippen LogP) is 2.94. The van der Waals surface area contributed by atoms with Gasteiger partial charge in [-0.3, -0.25) is 9.59 Å². The molecule has 2 aromatic rings. The number of benzene rings is 2. The molecule has 0 saturated carbocycles. The zero-order valence-corrected chi connectivity index (χ0v) is 18.4. The van der Waals surface area contributed by atoms with Gasteiger partial charge in [-0.2, -0.15) is 0 Å². The molecule has 0 amide bonds. The normalized spacial score (nSPS) is 27.9. The topological polar surface area (TPSA) is 96.3 Å². The van der Waals surface area contributed by atoms with Crippen LogP contribution < -0.4 is 14.4 Å². The van der Waals surface area contributed by atoms with Crippen LogP contribution in [0.15, 0.2) is 53.7 Å². The molecular weight excluding hydrogens is 410 g/mol. The second kappa shape index (κ2) is 6.43. The molecule has 2 aromatic carbocycles. The number of nitrogens with zero attached hydrogens (tertiary/aromatic N) is 1. The van der Waals surface area contributed by atoms with Gasteiger partial charge in [-0.1, -0.05) is 38.1 Å². The van der Waals surface area contributed by atoms with Crippen molar-refractivity contribution in [2.75, 3.05) is 19.1 Å². The second-order valence-corrected chi connectivity index (χ2v) is 9.39. The summed E-state index contributed by atoms with van der Waals surface area (Å²) in [6.07, 6.45) is 0.560. The molecule has 7 heteroatoms. The van der Waals surface area contributed by atoms with Gasteiger partial charge in [-0.05, 0) is 24.0 Å². The van der Waals surface area contributed by atoms with E-state index in [9.17, 15) is 19.8 Å². The molecule has 0 unspecified atom stereocenters. The van der Waals surface area contributed by atoms with Gasteiger partial charge in [0, 0.05) is 29.3 Å². The molecule has 0 fully saturated rings. The summed E-state index contributed by atoms with van der Waals surface area (Å²) >= 11 is 0. The molecule has 2 N–H and O–H groups in total. The molecule has 0 spiro atoms. The zero-order valence-electron chi connectivity index (χ0n) is 18.4. The van der Waals surface area contributed by atoms with Crippen LogP contribution in [0.4, 0.5) is 5.69 Å². The Labute approximate surface area is 185 Å². The van der Waals surface area contributed by atoms with Crippen LogP contribution >= 0.6 is 0 Å². The number of fused-ring (bicyclic) bond motifs is 4. The number of carbonyl (C=O) groups excluding carboxylic acids is 2. The number of rotatable bonds is 3. The number of carbonyl (C=O) groups is 2. The maximum Gasteiger partial charge on any atom is 0.211 e. The van der Waals surface area contributed by atoms with Crippen molar-refractivity contribution in [1.82, 2.24) is 0 Å². The van der Waals surface area contributed by atoms with Gasteiger partial charge in [0.15, 0.2) is 5.78 Å². The van der Waals surface area contributed by atoms with E-state index in [1.165, 1.54) is 19.1 Å². The van der Waals surface area contributed by atoms with Crippen LogP contribution in [0, 0.1) is 5.41 Å². The second-order valence-electron chi connectivity index (χ2n) is 9.39. The molecule has 0 radical (unpaired) electrons. The molecular formula is C25H25NO6. The van der Waals surface area contributed by atoms with Crippen LogP contribution in [0.1, 0.15) is 42.6 Å². The summed E-state index contributed by atoms with van der Waals surface area (Å²) in [6, 6.07) is 11.6. The molecule has 2 aliphatic carbocycles. The van der Waals surface area contributed by atoms with E-state index >= 15 is 0 Å². The van der Waals surface area contributed by atoms with Gasteiger partial charge in [0.05, 0.1) is 25.5 Å². The van der Waals surface area contributed by atoms with Gasteiger partial charge >= 0.3 is 0 Å². The van der Waals surface area contributed by atoms with Gasteiger partial charge in [0.1, 0.15) is 11.5 Å². The summed E-state index contributed by atoms with van der Waals surface area (Å²) in [5, 5.41) is 24.2. The highest BCUT2D eigenvalue weighted by Gasteiger charge is 2.74. The third-order valence-corrected chi connectivity index (χ3v) is 6.82. The van der Waals surface area contributed by atoms with Gasteiger partial charge < -0.3 is 24.6 Å². The van der Waals surface area contributed by atoms with Crippen molar-refractivity contribution in [3.05, 3.63) is 64.9 Å². The molecule has 1 heterocycles. The largest absolute Gasteiger partial charge is 0.497 e. The molecule has 0 saturated heterocycles. The van der Waals surface area contributed by atoms with Crippen molar-refractivity contribution in [1.29, 1.82) is 0 Å². The smallest absolute Gasteiger partial charge is 0.211 e. The summed E-state index contributed by atoms with van der Waals surface area (Å²) in [6.45, 7) is 3.91. The van der Waals surface area contributed by atoms with Gasteiger partial charge in [-0.25, -0.2) is 0 Å². The summed E-state index contributed by atoms with van der Waals surface area (Å²) in [5.74, 6) is -0.0924. The predicted molar refractivity (Wildman–Crippen MR) is 117 cm³/mol. The van der Waals surface area contributed by atoms with Crippen LogP contribution in [0.25, 0.3) is 0 Å². The van der Waals surface area contributed by atoms with Gasteiger partial charge in [0.25, 0.3) is 0 Å². The number of hydrogen-bond donors (Lipinski definition) is 2. The van der Waals surface area contributed by atoms with Gasteiger partial charge in [0.2, 0.25) is 17.1 Å². The number of ether oxygens (including phenoxy) is 2. The highest BCUT2D eigenvalue weighted by atomic mass is 16.5. The Morgan fingerprint density at radius 1 is 0.969 bits per heavy atom. The monoisotopic (exact) mass is 435 g/mol. The number of aliphatic hydroxyl groups is 2. The minimum absolute atomic E-state index is 0.0293. The summed E-state index contributed by atoms with van der Waals surface area (Å²) in [5.41, 5.74) is -3.74. The van der Waals surface area contributed by atoms with Crippen molar-refractivity contribution in [2.24, 2.45) is 5.41 Å². The van der Waals surface area contributed by atoms with E-state index in [1.54, 1.807) is 42.5 Å². The maximum atomic E-state index is 13.5. The van der Waals surface area contributed by atoms with E-state index in [-0.39, 0.29) is 28.9 Å². The van der Waals surface area contributed by atoms with Crippen LogP contribution in [-0.4, -0.2) is 41.6 Å². The van der Waals surface area contributed by atoms with Crippen LogP contribution in [0.2, 0.25) is 0 Å². The average molecular weight is 435 g/mol. The quantitative estimate of drug-likeness (QED) is 0.765. The van der Waals surface area contributed by atoms with Crippen LogP contribution in [-0.2, 0) is 10.5 Å². The van der Waals surface area contributed by atoms with E-state index < -0.39 is 22.5 Å². The first-order valence-electron chi connectivity index (χ1n) is 10.5. The standard InChI is InChI=1S/C25H25NO6/c1-23(2)12-18-21(19(27)13-23)24(29)22(28)15-7-5-6-8-16(15)25(24,30)26(18)17-10-9-14(31-3)11-20(17)32-4/h5-11,29-30H,12-13H2,1-4H3/t24-,25+/m0/s1. The number of allylic oxidation sites excluding steroid dienone is 1. The first kappa shape index (κ1) is 20.7. The lowest BCUT2D eigenvalue weighted by molar-refractivity contribution is -0.124. The van der Waals surface area contributed by atoms with Crippen molar-refractivity contribution >= 4 is 17.3 Å². The minimum Gasteiger partial charge on any atom is -0.497 e. The Morgan fingerprint density at radius 3 is 2.38 bits per heavy atom. The fourth-order valence-corrected chi connectivity index (χ4v) is 5.48. The summed E-state index contributed by atoms with van der Waals surface area (Å²) in [4.78, 5) is 28.4. The third kappa shape index (κ3) is 2.32. The summed E-state index contributed by atoms with van der Waals surface area (Å²) < 4.78 is 10.9. The number of Topliss-reactive ketones (excluding diaryl/α,β-unsaturated/α-hetero) is 2. The number of ketones is 2. The number of anilines is 1. The lowest BCUT2D eigenvalue weighted by atomic mass is 9.72. The lowest BCUT2D eigenvalue weighted by Gasteiger charge is -2.41. The number of methoxy groups -OCH3 is 2. The molecule has 0 aromatic heterocycles. The maximum absolute atomic E-state index is 13.5. The zero-order chi connectivity index (χ0) is 23.1. The lowest BCUT2D eigenvalue weighted by Crippen LogP contribution is -2.58. The summed E-state index contributed by atoms with van der Waals surface area (Å²) in [7, 11) is 3.02. The minimum atomic E-state index is -2.41. The van der Waals surface area contributed by atoms with E-state index in [0.29, 0.717) is 29.3 Å². The fraction of sp³-hybridized carbons (Fsp3) is 0.360.